The Bertz CT molecular complexity index is 894. The maximum absolute atomic E-state index is 12.2. The second kappa shape index (κ2) is 8.29. The van der Waals surface area contributed by atoms with Crippen molar-refractivity contribution < 1.29 is 14.7 Å². The summed E-state index contributed by atoms with van der Waals surface area (Å²) in [6, 6.07) is 3.61. The number of rotatable bonds is 7. The number of allylic oxidation sites excluding steroid dienone is 5. The number of carbonyl (C=O) groups excluding carboxylic acids is 1. The fourth-order valence-corrected chi connectivity index (χ4v) is 3.46. The van der Waals surface area contributed by atoms with Crippen molar-refractivity contribution in [3.63, 3.8) is 0 Å². The molecule has 7 heteroatoms. The Balaban J connectivity index is 1.89. The van der Waals surface area contributed by atoms with Crippen molar-refractivity contribution >= 4 is 46.3 Å². The molecule has 1 aliphatic rings. The molecule has 0 saturated heterocycles. The Labute approximate surface area is 159 Å². The van der Waals surface area contributed by atoms with E-state index >= 15 is 0 Å². The summed E-state index contributed by atoms with van der Waals surface area (Å²) >= 11 is 7.60. The smallest absolute Gasteiger partial charge is 0.305 e. The van der Waals surface area contributed by atoms with Crippen LogP contribution in [0.1, 0.15) is 33.8 Å². The molecule has 1 unspecified atom stereocenters. The van der Waals surface area contributed by atoms with Gasteiger partial charge in [0.1, 0.15) is 0 Å². The van der Waals surface area contributed by atoms with E-state index in [2.05, 4.69) is 5.10 Å². The van der Waals surface area contributed by atoms with E-state index < -0.39 is 5.97 Å². The third-order valence-corrected chi connectivity index (χ3v) is 5.00. The van der Waals surface area contributed by atoms with Crippen LogP contribution in [-0.4, -0.2) is 32.0 Å². The van der Waals surface area contributed by atoms with Crippen LogP contribution >= 0.6 is 22.9 Å². The molecular weight excluding hydrogens is 372 g/mol. The minimum Gasteiger partial charge on any atom is -0.481 e. The van der Waals surface area contributed by atoms with Gasteiger partial charge in [0.25, 0.3) is 0 Å². The number of thiophene rings is 1. The number of carboxylic acid groups (broad SMARTS) is 1. The van der Waals surface area contributed by atoms with Crippen molar-refractivity contribution in [2.75, 3.05) is 0 Å². The Morgan fingerprint density at radius 1 is 1.46 bits per heavy atom. The van der Waals surface area contributed by atoms with Gasteiger partial charge in [0.05, 0.1) is 28.9 Å². The van der Waals surface area contributed by atoms with Gasteiger partial charge in [-0.25, -0.2) is 0 Å². The van der Waals surface area contributed by atoms with Crippen LogP contribution in [0.25, 0.3) is 11.6 Å². The van der Waals surface area contributed by atoms with Gasteiger partial charge in [0.15, 0.2) is 5.78 Å². The number of ketones is 1. The van der Waals surface area contributed by atoms with Crippen molar-refractivity contribution in [2.45, 2.75) is 24.8 Å². The van der Waals surface area contributed by atoms with E-state index in [1.54, 1.807) is 23.0 Å². The molecule has 0 amide bonds. The van der Waals surface area contributed by atoms with Crippen LogP contribution in [0.3, 0.4) is 0 Å². The minimum atomic E-state index is -0.885. The third-order valence-electron chi connectivity index (χ3n) is 3.82. The predicted octanol–water partition coefficient (Wildman–Crippen LogP) is 4.27. The third kappa shape index (κ3) is 4.59. The van der Waals surface area contributed by atoms with Gasteiger partial charge in [-0.05, 0) is 35.6 Å². The summed E-state index contributed by atoms with van der Waals surface area (Å²) in [7, 11) is 0. The van der Waals surface area contributed by atoms with Gasteiger partial charge in [-0.15, -0.1) is 22.9 Å². The number of carbonyl (C=O) groups is 2. The van der Waals surface area contributed by atoms with Gasteiger partial charge in [0.2, 0.25) is 0 Å². The second-order valence-electron chi connectivity index (χ2n) is 5.79. The van der Waals surface area contributed by atoms with E-state index in [1.807, 2.05) is 29.7 Å². The lowest BCUT2D eigenvalue weighted by Gasteiger charge is -2.09. The SMILES string of the molecule is O=C(O)CCn1cc(/C=C/C(=O)c2cccs2)c(C2=CC(Cl)CC=C2)n1. The normalized spacial score (nSPS) is 16.8. The van der Waals surface area contributed by atoms with Crippen molar-refractivity contribution in [3.8, 4) is 0 Å². The summed E-state index contributed by atoms with van der Waals surface area (Å²) < 4.78 is 1.59. The molecule has 1 aliphatic carbocycles. The molecular formula is C19H17ClN2O3S. The van der Waals surface area contributed by atoms with Gasteiger partial charge < -0.3 is 5.11 Å². The summed E-state index contributed by atoms with van der Waals surface area (Å²) in [4.78, 5) is 23.7. The molecule has 0 saturated carbocycles. The molecule has 26 heavy (non-hydrogen) atoms. The number of nitrogens with zero attached hydrogens (tertiary/aromatic N) is 2. The topological polar surface area (TPSA) is 72.2 Å². The molecule has 134 valence electrons. The zero-order valence-corrected chi connectivity index (χ0v) is 15.4. The van der Waals surface area contributed by atoms with Gasteiger partial charge in [-0.1, -0.05) is 24.3 Å². The average Bonchev–Trinajstić information content (AvgIpc) is 3.28. The van der Waals surface area contributed by atoms with Crippen molar-refractivity contribution in [3.05, 3.63) is 64.1 Å². The summed E-state index contributed by atoms with van der Waals surface area (Å²) in [5, 5.41) is 15.1. The Morgan fingerprint density at radius 3 is 3.00 bits per heavy atom. The first-order valence-electron chi connectivity index (χ1n) is 8.11. The number of carboxylic acids is 1. The maximum Gasteiger partial charge on any atom is 0.305 e. The lowest BCUT2D eigenvalue weighted by Crippen LogP contribution is -2.05. The fourth-order valence-electron chi connectivity index (χ4n) is 2.58. The quantitative estimate of drug-likeness (QED) is 0.437. The number of alkyl halides is 1. The van der Waals surface area contributed by atoms with E-state index in [-0.39, 0.29) is 24.1 Å². The largest absolute Gasteiger partial charge is 0.481 e. The summed E-state index contributed by atoms with van der Waals surface area (Å²) in [5.74, 6) is -0.961. The summed E-state index contributed by atoms with van der Waals surface area (Å²) in [6.07, 6.45) is 11.6. The Kier molecular flexibility index (Phi) is 5.85. The van der Waals surface area contributed by atoms with Crippen molar-refractivity contribution in [1.82, 2.24) is 9.78 Å². The first kappa shape index (κ1) is 18.4. The van der Waals surface area contributed by atoms with Crippen molar-refractivity contribution in [2.24, 2.45) is 0 Å². The number of aromatic nitrogens is 2. The number of hydrogen-bond acceptors (Lipinski definition) is 4. The monoisotopic (exact) mass is 388 g/mol. The fraction of sp³-hybridized carbons (Fsp3) is 0.211. The van der Waals surface area contributed by atoms with E-state index in [9.17, 15) is 9.59 Å². The van der Waals surface area contributed by atoms with Crippen LogP contribution in [0.15, 0.2) is 48.0 Å². The van der Waals surface area contributed by atoms with Gasteiger partial charge in [0, 0.05) is 11.8 Å². The standard InChI is InChI=1S/C19H17ClN2O3S/c20-15-4-1-3-13(11-15)19-14(12-22(21-19)9-8-18(24)25)6-7-16(23)17-5-2-10-26-17/h1-3,5-7,10-12,15H,4,8-9H2,(H,24,25)/b7-6+. The zero-order chi connectivity index (χ0) is 18.5. The Morgan fingerprint density at radius 2 is 2.31 bits per heavy atom. The number of aryl methyl sites for hydroxylation is 1. The predicted molar refractivity (Wildman–Crippen MR) is 104 cm³/mol. The van der Waals surface area contributed by atoms with E-state index in [1.165, 1.54) is 17.4 Å². The number of halogens is 1. The first-order valence-corrected chi connectivity index (χ1v) is 9.42. The molecule has 2 aromatic heterocycles. The molecule has 1 N–H and O–H groups in total. The number of hydrogen-bond donors (Lipinski definition) is 1. The molecule has 0 radical (unpaired) electrons. The van der Waals surface area contributed by atoms with Crippen molar-refractivity contribution in [1.29, 1.82) is 0 Å². The van der Waals surface area contributed by atoms with E-state index in [0.29, 0.717) is 10.6 Å². The molecule has 0 fully saturated rings. The molecule has 0 aliphatic heterocycles. The molecule has 5 nitrogen and oxygen atoms in total. The highest BCUT2D eigenvalue weighted by Gasteiger charge is 2.15. The molecule has 0 aromatic carbocycles. The lowest BCUT2D eigenvalue weighted by molar-refractivity contribution is -0.137. The summed E-state index contributed by atoms with van der Waals surface area (Å²) in [5.41, 5.74) is 2.31. The van der Waals surface area contributed by atoms with Gasteiger partial charge in [-0.3, -0.25) is 14.3 Å². The highest BCUT2D eigenvalue weighted by molar-refractivity contribution is 7.12. The van der Waals surface area contributed by atoms with Crippen LogP contribution in [0.4, 0.5) is 0 Å². The molecule has 3 rings (SSSR count). The van der Waals surface area contributed by atoms with Crippen LogP contribution < -0.4 is 0 Å². The molecule has 0 bridgehead atoms. The van der Waals surface area contributed by atoms with Crippen LogP contribution in [0.2, 0.25) is 0 Å². The second-order valence-corrected chi connectivity index (χ2v) is 7.30. The Hall–Kier alpha value is -2.44. The maximum atomic E-state index is 12.2. The average molecular weight is 389 g/mol. The van der Waals surface area contributed by atoms with Crippen LogP contribution in [0, 0.1) is 0 Å². The molecule has 2 aromatic rings. The minimum absolute atomic E-state index is 0.0224. The first-order chi connectivity index (χ1) is 12.5. The molecule has 2 heterocycles. The van der Waals surface area contributed by atoms with Gasteiger partial charge in [-0.2, -0.15) is 5.10 Å². The summed E-state index contributed by atoms with van der Waals surface area (Å²) in [6.45, 7) is 0.260. The van der Waals surface area contributed by atoms with Gasteiger partial charge >= 0.3 is 5.97 Å². The highest BCUT2D eigenvalue weighted by atomic mass is 35.5. The highest BCUT2D eigenvalue weighted by Crippen LogP contribution is 2.26. The number of aliphatic carboxylic acids is 1. The van der Waals surface area contributed by atoms with E-state index in [0.717, 1.165) is 17.6 Å². The molecule has 1 atom stereocenters. The van der Waals surface area contributed by atoms with Crippen LogP contribution in [0.5, 0.6) is 0 Å². The lowest BCUT2D eigenvalue weighted by atomic mass is 10.0. The molecule has 0 spiro atoms. The zero-order valence-electron chi connectivity index (χ0n) is 13.8. The van der Waals surface area contributed by atoms with Crippen LogP contribution in [-0.2, 0) is 11.3 Å². The van der Waals surface area contributed by atoms with E-state index in [4.69, 9.17) is 16.7 Å².